The molecule has 0 spiro atoms. The molecule has 1 aliphatic heterocycles. The minimum atomic E-state index is -0.635. The second-order valence-electron chi connectivity index (χ2n) is 2.57. The first-order valence-electron chi connectivity index (χ1n) is 4.09. The van der Waals surface area contributed by atoms with Crippen molar-refractivity contribution in [3.05, 3.63) is 0 Å². The van der Waals surface area contributed by atoms with Crippen molar-refractivity contribution in [3.63, 3.8) is 0 Å². The van der Waals surface area contributed by atoms with Gasteiger partial charge in [-0.3, -0.25) is 4.90 Å². The number of alkyl halides is 1. The number of likely N-dealkylation sites (tertiary alicyclic amines) is 1. The molecule has 0 atom stereocenters. The number of rotatable bonds is 2. The maximum absolute atomic E-state index is 12.1. The first-order valence-corrected chi connectivity index (χ1v) is 4.09. The normalized spacial score (nSPS) is 18.2. The van der Waals surface area contributed by atoms with Gasteiger partial charge in [0.2, 0.25) is 0 Å². The Bertz CT molecular complexity index is 119. The van der Waals surface area contributed by atoms with E-state index in [2.05, 4.69) is 0 Å². The van der Waals surface area contributed by atoms with Crippen molar-refractivity contribution in [2.24, 2.45) is 0 Å². The summed E-state index contributed by atoms with van der Waals surface area (Å²) in [5.41, 5.74) is 0.613. The monoisotopic (exact) mass is 160 g/mol. The van der Waals surface area contributed by atoms with E-state index in [1.807, 2.05) is 18.7 Å². The summed E-state index contributed by atoms with van der Waals surface area (Å²) in [6, 6.07) is 0. The number of nitrogens with one attached hydrogen (secondary N) is 1. The van der Waals surface area contributed by atoms with Gasteiger partial charge >= 0.3 is 0 Å². The van der Waals surface area contributed by atoms with Crippen LogP contribution in [0.4, 0.5) is 4.39 Å². The molecule has 1 fully saturated rings. The van der Waals surface area contributed by atoms with E-state index in [4.69, 9.17) is 5.41 Å². The smallest absolute Gasteiger partial charge is 0.125 e. The molecule has 11 heavy (non-hydrogen) atoms. The van der Waals surface area contributed by atoms with E-state index in [-0.39, 0.29) is 0 Å². The zero-order valence-electron chi connectivity index (χ0n) is 7.52. The highest BCUT2D eigenvalue weighted by molar-refractivity contribution is 5.80. The predicted octanol–water partition coefficient (Wildman–Crippen LogP) is 1.71. The third-order valence-electron chi connectivity index (χ3n) is 1.37. The zero-order chi connectivity index (χ0) is 8.85. The Morgan fingerprint density at radius 1 is 1.55 bits per heavy atom. The summed E-state index contributed by atoms with van der Waals surface area (Å²) in [6.07, 6.45) is -0.635. The third-order valence-corrected chi connectivity index (χ3v) is 1.37. The quantitative estimate of drug-likeness (QED) is 0.612. The molecule has 2 nitrogen and oxygen atoms in total. The third kappa shape index (κ3) is 4.09. The van der Waals surface area contributed by atoms with Crippen LogP contribution in [0.2, 0.25) is 0 Å². The molecule has 0 saturated carbocycles. The molecule has 66 valence electrons. The summed E-state index contributed by atoms with van der Waals surface area (Å²) < 4.78 is 12.1. The molecule has 0 bridgehead atoms. The van der Waals surface area contributed by atoms with E-state index >= 15 is 0 Å². The van der Waals surface area contributed by atoms with Crippen molar-refractivity contribution in [3.8, 4) is 0 Å². The van der Waals surface area contributed by atoms with Gasteiger partial charge in [0.15, 0.2) is 0 Å². The lowest BCUT2D eigenvalue weighted by atomic mass is 10.2. The highest BCUT2D eigenvalue weighted by Gasteiger charge is 2.25. The minimum Gasteiger partial charge on any atom is -0.309 e. The van der Waals surface area contributed by atoms with Crippen molar-refractivity contribution in [2.45, 2.75) is 26.9 Å². The van der Waals surface area contributed by atoms with E-state index in [9.17, 15) is 4.39 Å². The fourth-order valence-corrected chi connectivity index (χ4v) is 0.971. The Labute approximate surface area is 67.9 Å². The standard InChI is InChI=1S/C6H11FN2.C2H6/c1-5(8)2-9-3-6(7)4-9;1-2/h6,8H,2-4H2,1H3;1-2H3. The second-order valence-corrected chi connectivity index (χ2v) is 2.57. The largest absolute Gasteiger partial charge is 0.309 e. The van der Waals surface area contributed by atoms with Gasteiger partial charge in [-0.1, -0.05) is 13.8 Å². The molecule has 0 aromatic heterocycles. The topological polar surface area (TPSA) is 27.1 Å². The van der Waals surface area contributed by atoms with Crippen molar-refractivity contribution in [1.29, 1.82) is 5.41 Å². The van der Waals surface area contributed by atoms with Gasteiger partial charge in [-0.25, -0.2) is 4.39 Å². The molecule has 1 heterocycles. The number of halogens is 1. The Balaban J connectivity index is 0.000000461. The van der Waals surface area contributed by atoms with Crippen LogP contribution in [-0.4, -0.2) is 36.4 Å². The first kappa shape index (κ1) is 10.6. The van der Waals surface area contributed by atoms with Crippen molar-refractivity contribution < 1.29 is 4.39 Å². The highest BCUT2D eigenvalue weighted by Crippen LogP contribution is 2.09. The average molecular weight is 160 g/mol. The summed E-state index contributed by atoms with van der Waals surface area (Å²) in [6.45, 7) is 7.43. The van der Waals surface area contributed by atoms with Crippen LogP contribution in [0.15, 0.2) is 0 Å². The van der Waals surface area contributed by atoms with Crippen molar-refractivity contribution in [1.82, 2.24) is 4.90 Å². The molecule has 1 saturated heterocycles. The van der Waals surface area contributed by atoms with Crippen LogP contribution in [0, 0.1) is 5.41 Å². The Morgan fingerprint density at radius 3 is 2.27 bits per heavy atom. The van der Waals surface area contributed by atoms with Gasteiger partial charge < -0.3 is 5.41 Å². The first-order chi connectivity index (χ1) is 5.18. The fourth-order valence-electron chi connectivity index (χ4n) is 0.971. The van der Waals surface area contributed by atoms with Crippen LogP contribution in [0.5, 0.6) is 0 Å². The number of hydrogen-bond acceptors (Lipinski definition) is 2. The molecular weight excluding hydrogens is 143 g/mol. The van der Waals surface area contributed by atoms with Crippen LogP contribution in [0.3, 0.4) is 0 Å². The summed E-state index contributed by atoms with van der Waals surface area (Å²) in [5, 5.41) is 7.06. The van der Waals surface area contributed by atoms with Gasteiger partial charge in [-0.05, 0) is 6.92 Å². The molecule has 0 amide bonds. The van der Waals surface area contributed by atoms with E-state index in [0.29, 0.717) is 25.3 Å². The SMILES string of the molecule is CC.CC(=N)CN1CC(F)C1. The molecule has 0 radical (unpaired) electrons. The van der Waals surface area contributed by atoms with Crippen LogP contribution in [-0.2, 0) is 0 Å². The molecule has 0 aromatic carbocycles. The van der Waals surface area contributed by atoms with Gasteiger partial charge in [0.05, 0.1) is 0 Å². The Morgan fingerprint density at radius 2 is 2.00 bits per heavy atom. The summed E-state index contributed by atoms with van der Waals surface area (Å²) >= 11 is 0. The summed E-state index contributed by atoms with van der Waals surface area (Å²) in [4.78, 5) is 1.92. The van der Waals surface area contributed by atoms with E-state index in [0.717, 1.165) is 0 Å². The van der Waals surface area contributed by atoms with Gasteiger partial charge in [0.1, 0.15) is 6.17 Å². The van der Waals surface area contributed by atoms with Crippen molar-refractivity contribution in [2.75, 3.05) is 19.6 Å². The average Bonchev–Trinajstić information content (AvgIpc) is 1.88. The summed E-state index contributed by atoms with van der Waals surface area (Å²) in [5.74, 6) is 0. The number of nitrogens with zero attached hydrogens (tertiary/aromatic N) is 1. The lowest BCUT2D eigenvalue weighted by Crippen LogP contribution is -2.49. The van der Waals surface area contributed by atoms with Crippen LogP contribution >= 0.6 is 0 Å². The molecule has 0 unspecified atom stereocenters. The van der Waals surface area contributed by atoms with Crippen LogP contribution in [0.1, 0.15) is 20.8 Å². The second kappa shape index (κ2) is 5.24. The molecule has 1 aliphatic rings. The molecule has 0 aromatic rings. The van der Waals surface area contributed by atoms with E-state index in [1.54, 1.807) is 6.92 Å². The molecule has 3 heteroatoms. The van der Waals surface area contributed by atoms with Gasteiger partial charge in [-0.2, -0.15) is 0 Å². The lowest BCUT2D eigenvalue weighted by molar-refractivity contribution is 0.0807. The van der Waals surface area contributed by atoms with Crippen molar-refractivity contribution >= 4 is 5.71 Å². The zero-order valence-corrected chi connectivity index (χ0v) is 7.52. The summed E-state index contributed by atoms with van der Waals surface area (Å²) in [7, 11) is 0. The lowest BCUT2D eigenvalue weighted by Gasteiger charge is -2.33. The van der Waals surface area contributed by atoms with Gasteiger partial charge in [0, 0.05) is 25.3 Å². The molecular formula is C8H17FN2. The van der Waals surface area contributed by atoms with Crippen LogP contribution < -0.4 is 0 Å². The predicted molar refractivity (Wildman–Crippen MR) is 46.1 cm³/mol. The minimum absolute atomic E-state index is 0.524. The number of hydrogen-bond donors (Lipinski definition) is 1. The fraction of sp³-hybridized carbons (Fsp3) is 0.875. The van der Waals surface area contributed by atoms with E-state index < -0.39 is 6.17 Å². The van der Waals surface area contributed by atoms with Gasteiger partial charge in [0.25, 0.3) is 0 Å². The Kier molecular flexibility index (Phi) is 5.03. The molecule has 0 aliphatic carbocycles. The maximum atomic E-state index is 12.1. The van der Waals surface area contributed by atoms with Gasteiger partial charge in [-0.15, -0.1) is 0 Å². The van der Waals surface area contributed by atoms with E-state index in [1.165, 1.54) is 0 Å². The molecule has 1 rings (SSSR count). The highest BCUT2D eigenvalue weighted by atomic mass is 19.1. The Hall–Kier alpha value is -0.440. The maximum Gasteiger partial charge on any atom is 0.125 e. The molecule has 1 N–H and O–H groups in total. The van der Waals surface area contributed by atoms with Crippen LogP contribution in [0.25, 0.3) is 0 Å².